The summed E-state index contributed by atoms with van der Waals surface area (Å²) in [6.45, 7) is 4.44. The van der Waals surface area contributed by atoms with E-state index in [9.17, 15) is 0 Å². The van der Waals surface area contributed by atoms with Gasteiger partial charge in [0.25, 0.3) is 0 Å². The van der Waals surface area contributed by atoms with Crippen molar-refractivity contribution >= 4 is 5.69 Å². The van der Waals surface area contributed by atoms with Crippen molar-refractivity contribution in [1.82, 2.24) is 0 Å². The first-order chi connectivity index (χ1) is 6.69. The second kappa shape index (κ2) is 5.04. The number of aryl methyl sites for hydroxylation is 2. The number of benzene rings is 1. The summed E-state index contributed by atoms with van der Waals surface area (Å²) in [6.07, 6.45) is 3.53. The molecule has 0 saturated carbocycles. The maximum Gasteiger partial charge on any atom is 0.0393 e. The van der Waals surface area contributed by atoms with Crippen molar-refractivity contribution in [3.05, 3.63) is 29.3 Å². The zero-order valence-corrected chi connectivity index (χ0v) is 9.80. The molecule has 14 heavy (non-hydrogen) atoms. The number of hydrogen-bond acceptors (Lipinski definition) is 1. The lowest BCUT2D eigenvalue weighted by Crippen LogP contribution is -2.11. The van der Waals surface area contributed by atoms with Gasteiger partial charge in [-0.2, -0.15) is 0 Å². The molecule has 0 heterocycles. The molecule has 0 atom stereocenters. The van der Waals surface area contributed by atoms with Crippen molar-refractivity contribution in [2.24, 2.45) is 0 Å². The second-order valence-electron chi connectivity index (χ2n) is 3.96. The Morgan fingerprint density at radius 3 is 2.36 bits per heavy atom. The van der Waals surface area contributed by atoms with Crippen molar-refractivity contribution in [1.29, 1.82) is 0 Å². The molecule has 0 aliphatic carbocycles. The Bertz CT molecular complexity index is 289. The van der Waals surface area contributed by atoms with Crippen LogP contribution in [0.5, 0.6) is 0 Å². The van der Waals surface area contributed by atoms with Crippen molar-refractivity contribution in [2.75, 3.05) is 19.0 Å². The van der Waals surface area contributed by atoms with E-state index in [1.165, 1.54) is 29.7 Å². The van der Waals surface area contributed by atoms with E-state index in [2.05, 4.69) is 51.0 Å². The highest BCUT2D eigenvalue weighted by atomic mass is 15.1. The summed E-state index contributed by atoms with van der Waals surface area (Å²) in [5.41, 5.74) is 4.29. The van der Waals surface area contributed by atoms with Crippen LogP contribution in [0, 0.1) is 0 Å². The van der Waals surface area contributed by atoms with Gasteiger partial charge in [0.1, 0.15) is 0 Å². The average Bonchev–Trinajstić information content (AvgIpc) is 2.17. The maximum absolute atomic E-state index is 2.35. The average molecular weight is 191 g/mol. The van der Waals surface area contributed by atoms with Crippen LogP contribution in [0.15, 0.2) is 18.2 Å². The van der Waals surface area contributed by atoms with Gasteiger partial charge in [-0.3, -0.25) is 0 Å². The number of nitrogens with zero attached hydrogens (tertiary/aromatic N) is 1. The molecule has 1 heteroatoms. The van der Waals surface area contributed by atoms with E-state index in [1.54, 1.807) is 0 Å². The number of hydrogen-bond donors (Lipinski definition) is 0. The summed E-state index contributed by atoms with van der Waals surface area (Å²) >= 11 is 0. The third kappa shape index (κ3) is 2.50. The topological polar surface area (TPSA) is 3.24 Å². The van der Waals surface area contributed by atoms with E-state index in [0.29, 0.717) is 0 Å². The van der Waals surface area contributed by atoms with Crippen LogP contribution >= 0.6 is 0 Å². The van der Waals surface area contributed by atoms with Gasteiger partial charge >= 0.3 is 0 Å². The summed E-state index contributed by atoms with van der Waals surface area (Å²) in [7, 11) is 4.22. The predicted molar refractivity (Wildman–Crippen MR) is 64.1 cm³/mol. The summed E-state index contributed by atoms with van der Waals surface area (Å²) in [5.74, 6) is 0. The molecule has 0 bridgehead atoms. The minimum Gasteiger partial charge on any atom is -0.377 e. The lowest BCUT2D eigenvalue weighted by atomic mass is 10.0. The van der Waals surface area contributed by atoms with Gasteiger partial charge in [0, 0.05) is 19.8 Å². The molecular weight excluding hydrogens is 170 g/mol. The summed E-state index contributed by atoms with van der Waals surface area (Å²) in [5, 5.41) is 0. The minimum absolute atomic E-state index is 1.13. The Morgan fingerprint density at radius 1 is 1.14 bits per heavy atom. The van der Waals surface area contributed by atoms with Gasteiger partial charge in [0.05, 0.1) is 0 Å². The Morgan fingerprint density at radius 2 is 1.86 bits per heavy atom. The normalized spacial score (nSPS) is 10.3. The van der Waals surface area contributed by atoms with Gasteiger partial charge in [-0.1, -0.05) is 32.4 Å². The molecule has 0 aliphatic rings. The molecule has 0 N–H and O–H groups in total. The molecule has 0 aliphatic heterocycles. The van der Waals surface area contributed by atoms with Gasteiger partial charge in [-0.15, -0.1) is 0 Å². The highest BCUT2D eigenvalue weighted by Gasteiger charge is 2.04. The lowest BCUT2D eigenvalue weighted by molar-refractivity contribution is 0.907. The summed E-state index contributed by atoms with van der Waals surface area (Å²) in [6, 6.07) is 6.82. The Hall–Kier alpha value is -0.980. The fraction of sp³-hybridized carbons (Fsp3) is 0.538. The van der Waals surface area contributed by atoms with Gasteiger partial charge < -0.3 is 4.90 Å². The molecule has 0 saturated heterocycles. The Labute approximate surface area is 87.7 Å². The van der Waals surface area contributed by atoms with Crippen molar-refractivity contribution in [3.63, 3.8) is 0 Å². The fourth-order valence-electron chi connectivity index (χ4n) is 1.76. The lowest BCUT2D eigenvalue weighted by Gasteiger charge is -2.18. The van der Waals surface area contributed by atoms with Crippen LogP contribution < -0.4 is 4.90 Å². The fourth-order valence-corrected chi connectivity index (χ4v) is 1.76. The molecule has 1 aromatic carbocycles. The number of rotatable bonds is 4. The Kier molecular flexibility index (Phi) is 3.99. The van der Waals surface area contributed by atoms with E-state index in [4.69, 9.17) is 0 Å². The highest BCUT2D eigenvalue weighted by Crippen LogP contribution is 2.21. The molecule has 0 spiro atoms. The smallest absolute Gasteiger partial charge is 0.0393 e. The van der Waals surface area contributed by atoms with Crippen LogP contribution in [-0.2, 0) is 12.8 Å². The van der Waals surface area contributed by atoms with Crippen LogP contribution in [0.1, 0.15) is 31.4 Å². The third-order valence-corrected chi connectivity index (χ3v) is 2.55. The molecule has 1 aromatic rings. The Balaban J connectivity index is 3.03. The first-order valence-electron chi connectivity index (χ1n) is 5.48. The molecule has 0 radical (unpaired) electrons. The zero-order valence-electron chi connectivity index (χ0n) is 9.80. The quantitative estimate of drug-likeness (QED) is 0.706. The molecule has 0 unspecified atom stereocenters. The van der Waals surface area contributed by atoms with E-state index >= 15 is 0 Å². The van der Waals surface area contributed by atoms with E-state index < -0.39 is 0 Å². The van der Waals surface area contributed by atoms with Crippen LogP contribution in [0.3, 0.4) is 0 Å². The van der Waals surface area contributed by atoms with E-state index in [-0.39, 0.29) is 0 Å². The minimum atomic E-state index is 1.13. The van der Waals surface area contributed by atoms with Crippen molar-refractivity contribution in [3.8, 4) is 0 Å². The van der Waals surface area contributed by atoms with Gasteiger partial charge in [0.15, 0.2) is 0 Å². The zero-order chi connectivity index (χ0) is 10.6. The van der Waals surface area contributed by atoms with E-state index in [0.717, 1.165) is 6.42 Å². The molecule has 1 nitrogen and oxygen atoms in total. The number of anilines is 1. The van der Waals surface area contributed by atoms with Gasteiger partial charge in [-0.05, 0) is 30.0 Å². The molecular formula is C13H21N. The first kappa shape index (κ1) is 11.1. The SMILES string of the molecule is CCCc1cc(CC)ccc1N(C)C. The monoisotopic (exact) mass is 191 g/mol. The third-order valence-electron chi connectivity index (χ3n) is 2.55. The largest absolute Gasteiger partial charge is 0.377 e. The van der Waals surface area contributed by atoms with Crippen LogP contribution in [-0.4, -0.2) is 14.1 Å². The standard InChI is InChI=1S/C13H21N/c1-5-7-12-10-11(6-2)8-9-13(12)14(3)4/h8-10H,5-7H2,1-4H3. The highest BCUT2D eigenvalue weighted by molar-refractivity contribution is 5.54. The predicted octanol–water partition coefficient (Wildman–Crippen LogP) is 3.27. The van der Waals surface area contributed by atoms with Crippen LogP contribution in [0.4, 0.5) is 5.69 Å². The van der Waals surface area contributed by atoms with Crippen molar-refractivity contribution in [2.45, 2.75) is 33.1 Å². The summed E-state index contributed by atoms with van der Waals surface area (Å²) in [4.78, 5) is 2.20. The molecule has 0 aromatic heterocycles. The molecule has 78 valence electrons. The van der Waals surface area contributed by atoms with Gasteiger partial charge in [0.2, 0.25) is 0 Å². The summed E-state index contributed by atoms with van der Waals surface area (Å²) < 4.78 is 0. The molecule has 0 fully saturated rings. The molecule has 1 rings (SSSR count). The van der Waals surface area contributed by atoms with Gasteiger partial charge in [-0.25, -0.2) is 0 Å². The van der Waals surface area contributed by atoms with E-state index in [1.807, 2.05) is 0 Å². The van der Waals surface area contributed by atoms with Crippen molar-refractivity contribution < 1.29 is 0 Å². The van der Waals surface area contributed by atoms with Crippen LogP contribution in [0.2, 0.25) is 0 Å². The van der Waals surface area contributed by atoms with Crippen LogP contribution in [0.25, 0.3) is 0 Å². The molecule has 0 amide bonds. The maximum atomic E-state index is 2.35. The second-order valence-corrected chi connectivity index (χ2v) is 3.96. The first-order valence-corrected chi connectivity index (χ1v) is 5.48.